The van der Waals surface area contributed by atoms with Crippen LogP contribution in [0.3, 0.4) is 0 Å². The first-order valence-corrected chi connectivity index (χ1v) is 17.3. The second-order valence-corrected chi connectivity index (χ2v) is 14.2. The molecule has 0 bridgehead atoms. The number of hydrogen-bond acceptors (Lipinski definition) is 11. The van der Waals surface area contributed by atoms with E-state index in [1.807, 2.05) is 13.0 Å². The Morgan fingerprint density at radius 3 is 2.65 bits per heavy atom. The Morgan fingerprint density at radius 2 is 1.92 bits per heavy atom. The molecule has 3 fully saturated rings. The van der Waals surface area contributed by atoms with Gasteiger partial charge in [0.1, 0.15) is 41.4 Å². The number of benzene rings is 2. The van der Waals surface area contributed by atoms with Crippen LogP contribution in [-0.2, 0) is 0 Å². The molecule has 2 aromatic carbocycles. The minimum atomic E-state index is -0.757. The summed E-state index contributed by atoms with van der Waals surface area (Å²) in [6, 6.07) is 6.94. The SMILES string of the molecule is FS.N#CCC1CCC2COc3c(Cl)c(-c4ccc(F)c5sc(N)c(C#N)c45)c(F)c4nc(OCC56CCCN5CCC6)nc(c34)N2C1. The second-order valence-electron chi connectivity index (χ2n) is 12.8. The van der Waals surface area contributed by atoms with Crippen molar-refractivity contribution >= 4 is 67.8 Å². The van der Waals surface area contributed by atoms with Gasteiger partial charge in [0.15, 0.2) is 11.6 Å². The quantitative estimate of drug-likeness (QED) is 0.201. The van der Waals surface area contributed by atoms with Gasteiger partial charge in [-0.05, 0) is 69.2 Å². The fourth-order valence-electron chi connectivity index (χ4n) is 8.06. The first-order chi connectivity index (χ1) is 23.3. The van der Waals surface area contributed by atoms with E-state index >= 15 is 4.39 Å². The Morgan fingerprint density at radius 1 is 1.15 bits per heavy atom. The van der Waals surface area contributed by atoms with Gasteiger partial charge in [0, 0.05) is 36.9 Å². The molecule has 4 aromatic rings. The number of nitriles is 2. The van der Waals surface area contributed by atoms with Gasteiger partial charge in [-0.2, -0.15) is 24.4 Å². The number of nitrogen functional groups attached to an aromatic ring is 1. The number of ether oxygens (including phenoxy) is 2. The van der Waals surface area contributed by atoms with Crippen LogP contribution in [0.15, 0.2) is 12.1 Å². The lowest BCUT2D eigenvalue weighted by molar-refractivity contribution is 0.108. The molecule has 48 heavy (non-hydrogen) atoms. The summed E-state index contributed by atoms with van der Waals surface area (Å²) in [4.78, 5) is 14.1. The predicted octanol–water partition coefficient (Wildman–Crippen LogP) is 7.60. The Labute approximate surface area is 289 Å². The largest absolute Gasteiger partial charge is 0.489 e. The van der Waals surface area contributed by atoms with E-state index in [-0.39, 0.29) is 78.2 Å². The topological polar surface area (TPSA) is 124 Å². The maximum Gasteiger partial charge on any atom is 0.319 e. The van der Waals surface area contributed by atoms with Crippen molar-refractivity contribution in [3.8, 4) is 35.0 Å². The van der Waals surface area contributed by atoms with E-state index in [0.29, 0.717) is 30.8 Å². The van der Waals surface area contributed by atoms with Crippen molar-refractivity contribution in [2.75, 3.05) is 43.5 Å². The Balaban J connectivity index is 0.00000179. The molecule has 6 heterocycles. The zero-order chi connectivity index (χ0) is 33.7. The molecule has 9 nitrogen and oxygen atoms in total. The second kappa shape index (κ2) is 13.0. The molecule has 0 saturated carbocycles. The number of fused-ring (bicyclic) bond motifs is 4. The van der Waals surface area contributed by atoms with Gasteiger partial charge in [0.2, 0.25) is 0 Å². The normalized spacial score (nSPS) is 21.0. The van der Waals surface area contributed by atoms with Crippen molar-refractivity contribution in [2.45, 2.75) is 56.5 Å². The Kier molecular flexibility index (Phi) is 8.87. The third-order valence-corrected chi connectivity index (χ3v) is 11.7. The number of hydrogen-bond donors (Lipinski definition) is 2. The third kappa shape index (κ3) is 5.16. The number of piperidine rings is 1. The highest BCUT2D eigenvalue weighted by Crippen LogP contribution is 2.52. The molecule has 0 spiro atoms. The highest BCUT2D eigenvalue weighted by molar-refractivity contribution is 7.74. The maximum atomic E-state index is 17.1. The maximum absolute atomic E-state index is 17.1. The molecule has 0 aliphatic carbocycles. The van der Waals surface area contributed by atoms with Crippen LogP contribution in [-0.4, -0.2) is 59.3 Å². The monoisotopic (exact) mass is 713 g/mol. The predicted molar refractivity (Wildman–Crippen MR) is 182 cm³/mol. The van der Waals surface area contributed by atoms with Crippen LogP contribution in [0, 0.1) is 40.2 Å². The van der Waals surface area contributed by atoms with Crippen LogP contribution in [0.5, 0.6) is 11.8 Å². The van der Waals surface area contributed by atoms with Crippen LogP contribution >= 0.6 is 36.0 Å². The fraction of sp³-hybridized carbons (Fsp3) is 0.455. The van der Waals surface area contributed by atoms with E-state index in [0.717, 1.165) is 63.0 Å². The van der Waals surface area contributed by atoms with E-state index < -0.39 is 11.6 Å². The standard InChI is InChI=1S/C33H30ClF2N7O2S.FHS/c34-25-23(19-5-6-21(35)29-22(19)20(13-38)30(39)46-29)26(36)27-24-28(25)44-15-18-4-3-17(7-10-37)14-43(18)31(24)41-32(40-27)45-16-33-8-1-11-42(33)12-2-9-33;1-2/h5-6,17-18H,1-4,7-9,11-12,14-16,39H2;2H. The molecule has 8 rings (SSSR count). The van der Waals surface area contributed by atoms with Crippen LogP contribution in [0.4, 0.5) is 23.5 Å². The number of anilines is 2. The van der Waals surface area contributed by atoms with Crippen LogP contribution in [0.1, 0.15) is 50.5 Å². The Hall–Kier alpha value is -3.69. The molecular weight excluding hydrogens is 683 g/mol. The molecule has 2 atom stereocenters. The average molecular weight is 714 g/mol. The molecule has 2 unspecified atom stereocenters. The van der Waals surface area contributed by atoms with Gasteiger partial charge >= 0.3 is 6.01 Å². The average Bonchev–Trinajstić information content (AvgIpc) is 3.75. The summed E-state index contributed by atoms with van der Waals surface area (Å²) in [6.07, 6.45) is 6.25. The molecule has 2 N–H and O–H groups in total. The van der Waals surface area contributed by atoms with Crippen molar-refractivity contribution in [3.05, 3.63) is 34.4 Å². The van der Waals surface area contributed by atoms with E-state index in [2.05, 4.69) is 26.9 Å². The van der Waals surface area contributed by atoms with Gasteiger partial charge < -0.3 is 20.1 Å². The van der Waals surface area contributed by atoms with E-state index in [1.54, 1.807) is 0 Å². The number of rotatable bonds is 5. The number of nitrogens with two attached hydrogens (primary N) is 1. The number of aromatic nitrogens is 2. The highest BCUT2D eigenvalue weighted by Gasteiger charge is 2.45. The lowest BCUT2D eigenvalue weighted by Gasteiger charge is -2.38. The van der Waals surface area contributed by atoms with Crippen LogP contribution in [0.25, 0.3) is 32.1 Å². The third-order valence-electron chi connectivity index (χ3n) is 10.3. The smallest absolute Gasteiger partial charge is 0.319 e. The van der Waals surface area contributed by atoms with Crippen molar-refractivity contribution in [2.24, 2.45) is 5.92 Å². The first kappa shape index (κ1) is 32.8. The Bertz CT molecular complexity index is 2010. The van der Waals surface area contributed by atoms with Gasteiger partial charge in [0.25, 0.3) is 0 Å². The van der Waals surface area contributed by atoms with Crippen molar-refractivity contribution in [1.29, 1.82) is 10.5 Å². The van der Waals surface area contributed by atoms with Gasteiger partial charge in [0.05, 0.1) is 38.3 Å². The van der Waals surface area contributed by atoms with Crippen molar-refractivity contribution in [1.82, 2.24) is 14.9 Å². The van der Waals surface area contributed by atoms with Crippen molar-refractivity contribution < 1.29 is 22.1 Å². The number of thiol groups is 1. The minimum absolute atomic E-state index is 0.0232. The summed E-state index contributed by atoms with van der Waals surface area (Å²) >= 11 is 10.0. The summed E-state index contributed by atoms with van der Waals surface area (Å²) in [5, 5.41) is 20.0. The zero-order valence-electron chi connectivity index (χ0n) is 25.7. The number of thiophene rings is 1. The zero-order valence-corrected chi connectivity index (χ0v) is 28.2. The van der Waals surface area contributed by atoms with E-state index in [4.69, 9.17) is 31.8 Å². The van der Waals surface area contributed by atoms with Gasteiger partial charge in [-0.25, -0.2) is 8.78 Å². The summed E-state index contributed by atoms with van der Waals surface area (Å²) in [5.41, 5.74) is 6.20. The van der Waals surface area contributed by atoms with Crippen LogP contribution < -0.4 is 20.1 Å². The molecule has 2 aromatic heterocycles. The summed E-state index contributed by atoms with van der Waals surface area (Å²) in [6.45, 7) is 3.26. The minimum Gasteiger partial charge on any atom is -0.489 e. The molecule has 4 aliphatic heterocycles. The molecule has 4 aliphatic rings. The van der Waals surface area contributed by atoms with Gasteiger partial charge in [-0.3, -0.25) is 4.90 Å². The molecule has 3 saturated heterocycles. The van der Waals surface area contributed by atoms with Crippen LogP contribution in [0.2, 0.25) is 5.02 Å². The molecule has 250 valence electrons. The van der Waals surface area contributed by atoms with Gasteiger partial charge in [-0.1, -0.05) is 17.7 Å². The highest BCUT2D eigenvalue weighted by atomic mass is 35.5. The number of halogens is 4. The van der Waals surface area contributed by atoms with E-state index in [1.165, 1.54) is 12.1 Å². The summed E-state index contributed by atoms with van der Waals surface area (Å²) in [5.74, 6) is -0.534. The summed E-state index contributed by atoms with van der Waals surface area (Å²) < 4.78 is 54.2. The van der Waals surface area contributed by atoms with Crippen molar-refractivity contribution in [3.63, 3.8) is 0 Å². The molecule has 0 radical (unpaired) electrons. The lowest BCUT2D eigenvalue weighted by atomic mass is 9.91. The fourth-order valence-corrected chi connectivity index (χ4v) is 9.34. The molecule has 15 heteroatoms. The first-order valence-electron chi connectivity index (χ1n) is 15.8. The molecule has 0 amide bonds. The lowest BCUT2D eigenvalue weighted by Crippen LogP contribution is -2.46. The summed E-state index contributed by atoms with van der Waals surface area (Å²) in [7, 11) is 0. The number of nitrogens with zero attached hydrogens (tertiary/aromatic N) is 6. The van der Waals surface area contributed by atoms with Gasteiger partial charge in [-0.15, -0.1) is 11.3 Å². The van der Waals surface area contributed by atoms with E-state index in [9.17, 15) is 18.8 Å². The molecular formula is C33H31ClF3N7O2S2.